The molecule has 0 heterocycles. The fraction of sp³-hybridized carbons (Fsp3) is 0.429. The lowest BCUT2D eigenvalue weighted by Crippen LogP contribution is -2.30. The van der Waals surface area contributed by atoms with Gasteiger partial charge in [0.25, 0.3) is 5.91 Å². The number of ether oxygens (including phenoxy) is 2. The molecule has 0 radical (unpaired) electrons. The quantitative estimate of drug-likeness (QED) is 0.599. The van der Waals surface area contributed by atoms with E-state index >= 15 is 0 Å². The van der Waals surface area contributed by atoms with Gasteiger partial charge in [-0.15, -0.1) is 0 Å². The standard InChI is InChI=1S/C14H19NO4/c1-10-5-3-6-12(9-10)18-8-4-7-13(16)19-11(2)14(15)17/h3,5-6,9,11H,4,7-8H2,1-2H3,(H2,15,17)/t11-/m0/s1. The molecule has 0 aliphatic carbocycles. The van der Waals surface area contributed by atoms with Crippen LogP contribution >= 0.6 is 0 Å². The first kappa shape index (κ1) is 15.0. The molecule has 1 rings (SSSR count). The van der Waals surface area contributed by atoms with Crippen molar-refractivity contribution in [2.24, 2.45) is 5.73 Å². The van der Waals surface area contributed by atoms with Crippen LogP contribution in [0.2, 0.25) is 0 Å². The number of hydrogen-bond acceptors (Lipinski definition) is 4. The molecule has 0 fully saturated rings. The van der Waals surface area contributed by atoms with Crippen molar-refractivity contribution in [3.05, 3.63) is 29.8 Å². The molecule has 0 saturated carbocycles. The molecule has 2 N–H and O–H groups in total. The lowest BCUT2D eigenvalue weighted by molar-refractivity contribution is -0.153. The topological polar surface area (TPSA) is 78.6 Å². The normalized spacial score (nSPS) is 11.7. The second-order valence-electron chi connectivity index (χ2n) is 4.30. The maximum absolute atomic E-state index is 11.3. The molecule has 0 spiro atoms. The fourth-order valence-electron chi connectivity index (χ4n) is 1.43. The second-order valence-corrected chi connectivity index (χ2v) is 4.30. The summed E-state index contributed by atoms with van der Waals surface area (Å²) in [7, 11) is 0. The van der Waals surface area contributed by atoms with E-state index in [0.29, 0.717) is 13.0 Å². The molecule has 0 bridgehead atoms. The van der Waals surface area contributed by atoms with Gasteiger partial charge in [0.2, 0.25) is 0 Å². The van der Waals surface area contributed by atoms with E-state index in [1.165, 1.54) is 6.92 Å². The van der Waals surface area contributed by atoms with Gasteiger partial charge in [0.05, 0.1) is 6.61 Å². The van der Waals surface area contributed by atoms with E-state index < -0.39 is 18.0 Å². The number of aryl methyl sites for hydroxylation is 1. The summed E-state index contributed by atoms with van der Waals surface area (Å²) in [5.74, 6) is -0.317. The second kappa shape index (κ2) is 7.41. The zero-order valence-corrected chi connectivity index (χ0v) is 11.2. The Morgan fingerprint density at radius 3 is 2.74 bits per heavy atom. The SMILES string of the molecule is Cc1cccc(OCCCC(=O)O[C@@H](C)C(N)=O)c1. The molecule has 19 heavy (non-hydrogen) atoms. The molecular formula is C14H19NO4. The maximum atomic E-state index is 11.3. The highest BCUT2D eigenvalue weighted by atomic mass is 16.5. The molecule has 5 heteroatoms. The maximum Gasteiger partial charge on any atom is 0.306 e. The predicted molar refractivity (Wildman–Crippen MR) is 70.7 cm³/mol. The number of rotatable bonds is 7. The number of primary amides is 1. The minimum Gasteiger partial charge on any atom is -0.494 e. The van der Waals surface area contributed by atoms with Gasteiger partial charge in [-0.1, -0.05) is 12.1 Å². The molecule has 0 aliphatic rings. The van der Waals surface area contributed by atoms with Crippen molar-refractivity contribution in [3.63, 3.8) is 0 Å². The summed E-state index contributed by atoms with van der Waals surface area (Å²) < 4.78 is 10.3. The van der Waals surface area contributed by atoms with E-state index in [2.05, 4.69) is 0 Å². The summed E-state index contributed by atoms with van der Waals surface area (Å²) in [6.45, 7) is 3.85. The van der Waals surface area contributed by atoms with Crippen LogP contribution < -0.4 is 10.5 Å². The van der Waals surface area contributed by atoms with Crippen molar-refractivity contribution in [2.75, 3.05) is 6.61 Å². The third-order valence-corrected chi connectivity index (χ3v) is 2.49. The molecular weight excluding hydrogens is 246 g/mol. The zero-order chi connectivity index (χ0) is 14.3. The van der Waals surface area contributed by atoms with E-state index in [0.717, 1.165) is 11.3 Å². The molecule has 1 aromatic carbocycles. The summed E-state index contributed by atoms with van der Waals surface area (Å²) >= 11 is 0. The van der Waals surface area contributed by atoms with Gasteiger partial charge in [-0.2, -0.15) is 0 Å². The number of hydrogen-bond donors (Lipinski definition) is 1. The van der Waals surface area contributed by atoms with Crippen molar-refractivity contribution >= 4 is 11.9 Å². The molecule has 104 valence electrons. The predicted octanol–water partition coefficient (Wildman–Crippen LogP) is 1.57. The number of carbonyl (C=O) groups is 2. The van der Waals surface area contributed by atoms with Crippen LogP contribution in [0.5, 0.6) is 5.75 Å². The van der Waals surface area contributed by atoms with Crippen LogP contribution in [0.15, 0.2) is 24.3 Å². The van der Waals surface area contributed by atoms with Gasteiger partial charge in [-0.3, -0.25) is 9.59 Å². The van der Waals surface area contributed by atoms with Gasteiger partial charge in [0.1, 0.15) is 5.75 Å². The third kappa shape index (κ3) is 5.90. The van der Waals surface area contributed by atoms with E-state index in [1.807, 2.05) is 31.2 Å². The van der Waals surface area contributed by atoms with Crippen molar-refractivity contribution in [1.29, 1.82) is 0 Å². The first-order valence-corrected chi connectivity index (χ1v) is 6.17. The molecule has 0 aliphatic heterocycles. The van der Waals surface area contributed by atoms with Crippen LogP contribution in [0.25, 0.3) is 0 Å². The molecule has 0 unspecified atom stereocenters. The van der Waals surface area contributed by atoms with Gasteiger partial charge in [0, 0.05) is 6.42 Å². The smallest absolute Gasteiger partial charge is 0.306 e. The van der Waals surface area contributed by atoms with Crippen LogP contribution in [-0.4, -0.2) is 24.6 Å². The van der Waals surface area contributed by atoms with E-state index in [-0.39, 0.29) is 6.42 Å². The third-order valence-electron chi connectivity index (χ3n) is 2.49. The fourth-order valence-corrected chi connectivity index (χ4v) is 1.43. The van der Waals surface area contributed by atoms with Crippen molar-refractivity contribution in [1.82, 2.24) is 0 Å². The Kier molecular flexibility index (Phi) is 5.85. The first-order valence-electron chi connectivity index (χ1n) is 6.17. The van der Waals surface area contributed by atoms with Gasteiger partial charge in [-0.05, 0) is 38.0 Å². The lowest BCUT2D eigenvalue weighted by Gasteiger charge is -2.10. The summed E-state index contributed by atoms with van der Waals surface area (Å²) in [5.41, 5.74) is 6.11. The number of esters is 1. The molecule has 0 saturated heterocycles. The number of benzene rings is 1. The monoisotopic (exact) mass is 265 g/mol. The summed E-state index contributed by atoms with van der Waals surface area (Å²) in [6.07, 6.45) is -0.160. The first-order chi connectivity index (χ1) is 8.99. The zero-order valence-electron chi connectivity index (χ0n) is 11.2. The van der Waals surface area contributed by atoms with Crippen LogP contribution in [0, 0.1) is 6.92 Å². The highest BCUT2D eigenvalue weighted by Gasteiger charge is 2.13. The highest BCUT2D eigenvalue weighted by Crippen LogP contribution is 2.12. The van der Waals surface area contributed by atoms with Crippen molar-refractivity contribution in [3.8, 4) is 5.75 Å². The average Bonchev–Trinajstić information content (AvgIpc) is 2.34. The Morgan fingerprint density at radius 1 is 1.37 bits per heavy atom. The van der Waals surface area contributed by atoms with Crippen molar-refractivity contribution in [2.45, 2.75) is 32.8 Å². The van der Waals surface area contributed by atoms with E-state index in [9.17, 15) is 9.59 Å². The number of amides is 1. The molecule has 1 amide bonds. The Morgan fingerprint density at radius 2 is 2.11 bits per heavy atom. The highest BCUT2D eigenvalue weighted by molar-refractivity contribution is 5.81. The molecule has 1 atom stereocenters. The van der Waals surface area contributed by atoms with Gasteiger partial charge in [0.15, 0.2) is 6.10 Å². The lowest BCUT2D eigenvalue weighted by atomic mass is 10.2. The average molecular weight is 265 g/mol. The number of nitrogens with two attached hydrogens (primary N) is 1. The van der Waals surface area contributed by atoms with Crippen LogP contribution in [0.1, 0.15) is 25.3 Å². The van der Waals surface area contributed by atoms with Crippen LogP contribution in [0.4, 0.5) is 0 Å². The number of carbonyl (C=O) groups excluding carboxylic acids is 2. The Bertz CT molecular complexity index is 445. The summed E-state index contributed by atoms with van der Waals surface area (Å²) in [5, 5.41) is 0. The van der Waals surface area contributed by atoms with Gasteiger partial charge < -0.3 is 15.2 Å². The summed E-state index contributed by atoms with van der Waals surface area (Å²) in [4.78, 5) is 22.0. The van der Waals surface area contributed by atoms with Crippen LogP contribution in [0.3, 0.4) is 0 Å². The Hall–Kier alpha value is -2.04. The van der Waals surface area contributed by atoms with Gasteiger partial charge >= 0.3 is 5.97 Å². The van der Waals surface area contributed by atoms with Gasteiger partial charge in [-0.25, -0.2) is 0 Å². The molecule has 0 aromatic heterocycles. The molecule has 1 aromatic rings. The largest absolute Gasteiger partial charge is 0.494 e. The van der Waals surface area contributed by atoms with E-state index in [1.54, 1.807) is 0 Å². The summed E-state index contributed by atoms with van der Waals surface area (Å²) in [6, 6.07) is 7.68. The van der Waals surface area contributed by atoms with Crippen LogP contribution in [-0.2, 0) is 14.3 Å². The van der Waals surface area contributed by atoms with Crippen molar-refractivity contribution < 1.29 is 19.1 Å². The minimum atomic E-state index is -0.884. The Balaban J connectivity index is 2.20. The molecule has 5 nitrogen and oxygen atoms in total. The van der Waals surface area contributed by atoms with E-state index in [4.69, 9.17) is 15.2 Å². The Labute approximate surface area is 112 Å². The minimum absolute atomic E-state index is 0.198.